The Balaban J connectivity index is 0.00000289. The average molecular weight is 455 g/mol. The van der Waals surface area contributed by atoms with Gasteiger partial charge in [0, 0.05) is 45.1 Å². The Bertz CT molecular complexity index is 907. The van der Waals surface area contributed by atoms with Gasteiger partial charge in [-0.15, -0.1) is 12.4 Å². The van der Waals surface area contributed by atoms with E-state index >= 15 is 0 Å². The number of ketones is 1. The maximum absolute atomic E-state index is 12.9. The number of halogens is 1. The van der Waals surface area contributed by atoms with Gasteiger partial charge in [-0.05, 0) is 67.3 Å². The number of hydrogen-bond donors (Lipinski definition) is 0. The van der Waals surface area contributed by atoms with Gasteiger partial charge in [0.25, 0.3) is 0 Å². The maximum atomic E-state index is 12.9. The highest BCUT2D eigenvalue weighted by Gasteiger charge is 2.22. The zero-order valence-electron chi connectivity index (χ0n) is 19.1. The Morgan fingerprint density at radius 2 is 1.72 bits per heavy atom. The number of amides is 1. The minimum atomic E-state index is 0. The molecule has 0 bridgehead atoms. The number of likely N-dealkylation sites (tertiary alicyclic amines) is 1. The fourth-order valence-corrected chi connectivity index (χ4v) is 5.00. The Labute approximate surface area is 198 Å². The van der Waals surface area contributed by atoms with Gasteiger partial charge in [0.05, 0.1) is 0 Å². The number of aryl methyl sites for hydroxylation is 1. The van der Waals surface area contributed by atoms with Crippen molar-refractivity contribution in [2.24, 2.45) is 5.92 Å². The molecule has 0 radical (unpaired) electrons. The number of carbonyl (C=O) groups is 2. The molecule has 1 fully saturated rings. The number of carbonyl (C=O) groups excluding carboxylic acids is 2. The molecule has 2 aliphatic heterocycles. The molecular weight excluding hydrogens is 420 g/mol. The first-order valence-corrected chi connectivity index (χ1v) is 11.8. The third-order valence-corrected chi connectivity index (χ3v) is 6.93. The van der Waals surface area contributed by atoms with Crippen molar-refractivity contribution in [1.29, 1.82) is 0 Å². The van der Waals surface area contributed by atoms with Crippen molar-refractivity contribution in [3.8, 4) is 0 Å². The van der Waals surface area contributed by atoms with Crippen molar-refractivity contribution in [2.75, 3.05) is 19.6 Å². The Hall–Kier alpha value is -2.17. The molecule has 0 N–H and O–H groups in total. The van der Waals surface area contributed by atoms with Gasteiger partial charge in [-0.3, -0.25) is 14.5 Å². The lowest BCUT2D eigenvalue weighted by Gasteiger charge is -2.31. The molecule has 2 aromatic carbocycles. The molecule has 4 nitrogen and oxygen atoms in total. The van der Waals surface area contributed by atoms with Crippen molar-refractivity contribution >= 4 is 24.1 Å². The fraction of sp³-hybridized carbons (Fsp3) is 0.481. The summed E-state index contributed by atoms with van der Waals surface area (Å²) >= 11 is 0. The summed E-state index contributed by atoms with van der Waals surface area (Å²) in [5.41, 5.74) is 4.91. The largest absolute Gasteiger partial charge is 0.343 e. The normalized spacial score (nSPS) is 17.2. The first kappa shape index (κ1) is 24.5. The lowest BCUT2D eigenvalue weighted by Crippen LogP contribution is -2.37. The first-order chi connectivity index (χ1) is 15.1. The van der Waals surface area contributed by atoms with Crippen LogP contribution in [-0.2, 0) is 24.3 Å². The van der Waals surface area contributed by atoms with E-state index in [4.69, 9.17) is 0 Å². The van der Waals surface area contributed by atoms with Gasteiger partial charge in [0.1, 0.15) is 0 Å². The number of hydrogen-bond acceptors (Lipinski definition) is 3. The van der Waals surface area contributed by atoms with Gasteiger partial charge in [0.2, 0.25) is 5.91 Å². The van der Waals surface area contributed by atoms with Gasteiger partial charge in [-0.2, -0.15) is 0 Å². The van der Waals surface area contributed by atoms with Crippen LogP contribution in [0.25, 0.3) is 0 Å². The minimum Gasteiger partial charge on any atom is -0.343 e. The molecule has 2 aliphatic rings. The molecule has 0 aromatic heterocycles. The van der Waals surface area contributed by atoms with Gasteiger partial charge < -0.3 is 4.90 Å². The molecule has 0 atom stereocenters. The highest BCUT2D eigenvalue weighted by molar-refractivity contribution is 5.96. The van der Waals surface area contributed by atoms with Crippen LogP contribution in [0.1, 0.15) is 66.1 Å². The SMILES string of the molecule is CC(=O)N1CCC(CCC(=O)c2ccc3c(c2)CN(Cc2ccccc2)CCC3)CC1.Cl. The molecule has 0 unspecified atom stereocenters. The van der Waals surface area contributed by atoms with E-state index in [2.05, 4.69) is 47.4 Å². The second-order valence-corrected chi connectivity index (χ2v) is 9.19. The lowest BCUT2D eigenvalue weighted by atomic mass is 9.89. The van der Waals surface area contributed by atoms with Gasteiger partial charge >= 0.3 is 0 Å². The molecule has 2 heterocycles. The van der Waals surface area contributed by atoms with Crippen LogP contribution in [0.3, 0.4) is 0 Å². The van der Waals surface area contributed by atoms with Crippen LogP contribution in [-0.4, -0.2) is 41.1 Å². The van der Waals surface area contributed by atoms with Crippen LogP contribution < -0.4 is 0 Å². The number of benzene rings is 2. The zero-order valence-corrected chi connectivity index (χ0v) is 19.9. The van der Waals surface area contributed by atoms with Crippen LogP contribution in [0.4, 0.5) is 0 Å². The first-order valence-electron chi connectivity index (χ1n) is 11.8. The summed E-state index contributed by atoms with van der Waals surface area (Å²) in [6.45, 7) is 6.27. The number of rotatable bonds is 6. The van der Waals surface area contributed by atoms with E-state index in [-0.39, 0.29) is 24.1 Å². The Morgan fingerprint density at radius 3 is 2.44 bits per heavy atom. The van der Waals surface area contributed by atoms with Gasteiger partial charge in [0.15, 0.2) is 5.78 Å². The van der Waals surface area contributed by atoms with Gasteiger partial charge in [-0.1, -0.05) is 42.5 Å². The van der Waals surface area contributed by atoms with Crippen molar-refractivity contribution in [2.45, 2.75) is 58.5 Å². The molecule has 0 saturated carbocycles. The molecule has 4 rings (SSSR count). The highest BCUT2D eigenvalue weighted by Crippen LogP contribution is 2.25. The van der Waals surface area contributed by atoms with E-state index in [9.17, 15) is 9.59 Å². The van der Waals surface area contributed by atoms with Crippen molar-refractivity contribution in [3.05, 3.63) is 70.8 Å². The summed E-state index contributed by atoms with van der Waals surface area (Å²) in [7, 11) is 0. The molecule has 0 aliphatic carbocycles. The Kier molecular flexibility index (Phi) is 8.89. The number of Topliss-reactive ketones (excluding diaryl/α,β-unsaturated/α-hetero) is 1. The van der Waals surface area contributed by atoms with Crippen LogP contribution in [0.2, 0.25) is 0 Å². The van der Waals surface area contributed by atoms with E-state index in [1.807, 2.05) is 11.0 Å². The number of piperidine rings is 1. The molecule has 5 heteroatoms. The number of nitrogens with zero attached hydrogens (tertiary/aromatic N) is 2. The van der Waals surface area contributed by atoms with E-state index < -0.39 is 0 Å². The number of fused-ring (bicyclic) bond motifs is 1. The summed E-state index contributed by atoms with van der Waals surface area (Å²) in [5.74, 6) is 0.984. The minimum absolute atomic E-state index is 0. The quantitative estimate of drug-likeness (QED) is 0.557. The lowest BCUT2D eigenvalue weighted by molar-refractivity contribution is -0.130. The summed E-state index contributed by atoms with van der Waals surface area (Å²) < 4.78 is 0. The monoisotopic (exact) mass is 454 g/mol. The molecule has 2 aromatic rings. The van der Waals surface area contributed by atoms with E-state index in [1.165, 1.54) is 16.7 Å². The summed E-state index contributed by atoms with van der Waals surface area (Å²) in [4.78, 5) is 28.8. The summed E-state index contributed by atoms with van der Waals surface area (Å²) in [5, 5.41) is 0. The topological polar surface area (TPSA) is 40.6 Å². The maximum Gasteiger partial charge on any atom is 0.219 e. The van der Waals surface area contributed by atoms with Crippen LogP contribution >= 0.6 is 12.4 Å². The molecule has 172 valence electrons. The van der Waals surface area contributed by atoms with E-state index in [0.29, 0.717) is 12.3 Å². The summed E-state index contributed by atoms with van der Waals surface area (Å²) in [6.07, 6.45) is 5.83. The Morgan fingerprint density at radius 1 is 0.969 bits per heavy atom. The van der Waals surface area contributed by atoms with Crippen LogP contribution in [0.5, 0.6) is 0 Å². The zero-order chi connectivity index (χ0) is 21.6. The second kappa shape index (κ2) is 11.6. The molecule has 1 saturated heterocycles. The predicted octanol–water partition coefficient (Wildman–Crippen LogP) is 5.28. The average Bonchev–Trinajstić information content (AvgIpc) is 2.99. The molecule has 1 amide bonds. The smallest absolute Gasteiger partial charge is 0.219 e. The van der Waals surface area contributed by atoms with E-state index in [1.54, 1.807) is 6.92 Å². The highest BCUT2D eigenvalue weighted by atomic mass is 35.5. The van der Waals surface area contributed by atoms with Crippen LogP contribution in [0.15, 0.2) is 48.5 Å². The van der Waals surface area contributed by atoms with Crippen molar-refractivity contribution < 1.29 is 9.59 Å². The van der Waals surface area contributed by atoms with Gasteiger partial charge in [-0.25, -0.2) is 0 Å². The van der Waals surface area contributed by atoms with Crippen molar-refractivity contribution in [1.82, 2.24) is 9.80 Å². The van der Waals surface area contributed by atoms with Crippen molar-refractivity contribution in [3.63, 3.8) is 0 Å². The fourth-order valence-electron chi connectivity index (χ4n) is 5.00. The van der Waals surface area contributed by atoms with Crippen LogP contribution in [0, 0.1) is 5.92 Å². The molecule has 32 heavy (non-hydrogen) atoms. The molecule has 0 spiro atoms. The van der Waals surface area contributed by atoms with E-state index in [0.717, 1.165) is 70.4 Å². The third kappa shape index (κ3) is 6.43. The third-order valence-electron chi connectivity index (χ3n) is 6.93. The second-order valence-electron chi connectivity index (χ2n) is 9.19. The molecular formula is C27H35ClN2O2. The standard InChI is InChI=1S/C27H34N2O2.ClH/c1-21(30)29-16-13-22(14-17-29)9-12-27(31)25-11-10-24-8-5-15-28(20-26(24)18-25)19-23-6-3-2-4-7-23;/h2-4,6-7,10-11,18,22H,5,8-9,12-17,19-20H2,1H3;1H. The predicted molar refractivity (Wildman–Crippen MR) is 131 cm³/mol. The summed E-state index contributed by atoms with van der Waals surface area (Å²) in [6, 6.07) is 17.0.